The maximum absolute atomic E-state index is 15.0. The summed E-state index contributed by atoms with van der Waals surface area (Å²) in [5.74, 6) is -3.29. The summed E-state index contributed by atoms with van der Waals surface area (Å²) in [5.41, 5.74) is -2.30. The van der Waals surface area contributed by atoms with E-state index in [1.54, 1.807) is 24.3 Å². The average molecular weight is 556 g/mol. The van der Waals surface area contributed by atoms with Gasteiger partial charge in [0.15, 0.2) is 27.8 Å². The summed E-state index contributed by atoms with van der Waals surface area (Å²) in [4.78, 5) is 55.5. The fourth-order valence-corrected chi connectivity index (χ4v) is 6.13. The summed E-state index contributed by atoms with van der Waals surface area (Å²) in [7, 11) is 2.03. The quantitative estimate of drug-likeness (QED) is 0.259. The lowest BCUT2D eigenvalue weighted by molar-refractivity contribution is 0.0949. The second kappa shape index (κ2) is 9.17. The molecule has 7 rings (SSSR count). The first-order valence-electron chi connectivity index (χ1n) is 13.3. The van der Waals surface area contributed by atoms with Crippen LogP contribution in [0.15, 0.2) is 67.5 Å². The van der Waals surface area contributed by atoms with Crippen molar-refractivity contribution in [2.75, 3.05) is 20.1 Å². The second-order valence-corrected chi connectivity index (χ2v) is 10.6. The third-order valence-electron chi connectivity index (χ3n) is 8.29. The molecule has 1 amide bonds. The molecule has 1 fully saturated rings. The Morgan fingerprint density at radius 3 is 2.37 bits per heavy atom. The van der Waals surface area contributed by atoms with E-state index in [1.807, 2.05) is 7.05 Å². The molecule has 0 saturated carbocycles. The molecule has 1 aliphatic heterocycles. The van der Waals surface area contributed by atoms with E-state index in [2.05, 4.69) is 10.2 Å². The number of nitrogens with one attached hydrogen (secondary N) is 1. The number of carbonyl (C=O) groups excluding carboxylic acids is 1. The van der Waals surface area contributed by atoms with E-state index in [9.17, 15) is 23.6 Å². The van der Waals surface area contributed by atoms with Crippen LogP contribution in [-0.2, 0) is 0 Å². The van der Waals surface area contributed by atoms with Gasteiger partial charge in [-0.25, -0.2) is 4.39 Å². The molecule has 6 aromatic rings. The van der Waals surface area contributed by atoms with Gasteiger partial charge in [-0.2, -0.15) is 4.39 Å². The van der Waals surface area contributed by atoms with Crippen molar-refractivity contribution in [1.29, 1.82) is 0 Å². The van der Waals surface area contributed by atoms with Crippen LogP contribution in [0.4, 0.5) is 8.78 Å². The normalized spacial score (nSPS) is 16.1. The number of halogens is 2. The SMILES string of the molecule is CN1CCCC1CCNC(=O)c1cn2c3cc4c(=O)c5ccccc5c(=O)c4cc3oc3c(F)c(F)cc(c1=O)c32. The van der Waals surface area contributed by atoms with Crippen LogP contribution in [0.2, 0.25) is 0 Å². The van der Waals surface area contributed by atoms with Gasteiger partial charge in [-0.3, -0.25) is 19.2 Å². The fraction of sp³-hybridized carbons (Fsp3) is 0.226. The zero-order valence-electron chi connectivity index (χ0n) is 21.9. The van der Waals surface area contributed by atoms with Crippen molar-refractivity contribution in [2.24, 2.45) is 0 Å². The Morgan fingerprint density at radius 1 is 0.976 bits per heavy atom. The smallest absolute Gasteiger partial charge is 0.256 e. The number of pyridine rings is 1. The molecule has 0 bridgehead atoms. The molecule has 1 N–H and O–H groups in total. The lowest BCUT2D eigenvalue weighted by Gasteiger charge is -2.19. The van der Waals surface area contributed by atoms with E-state index in [-0.39, 0.29) is 54.5 Å². The Hall–Kier alpha value is -4.70. The highest BCUT2D eigenvalue weighted by molar-refractivity contribution is 6.06. The number of rotatable bonds is 4. The topological polar surface area (TPSA) is 101 Å². The maximum atomic E-state index is 15.0. The second-order valence-electron chi connectivity index (χ2n) is 10.6. The zero-order valence-corrected chi connectivity index (χ0v) is 21.9. The summed E-state index contributed by atoms with van der Waals surface area (Å²) >= 11 is 0. The van der Waals surface area contributed by atoms with Gasteiger partial charge in [0.2, 0.25) is 11.2 Å². The molecule has 8 nitrogen and oxygen atoms in total. The van der Waals surface area contributed by atoms with Crippen molar-refractivity contribution in [2.45, 2.75) is 25.3 Å². The van der Waals surface area contributed by atoms with Gasteiger partial charge in [0.25, 0.3) is 5.91 Å². The summed E-state index contributed by atoms with van der Waals surface area (Å²) in [6, 6.07) is 10.2. The van der Waals surface area contributed by atoms with Crippen LogP contribution in [0, 0.1) is 11.6 Å². The van der Waals surface area contributed by atoms with Crippen LogP contribution < -0.4 is 21.6 Å². The number of amides is 1. The van der Waals surface area contributed by atoms with E-state index >= 15 is 4.39 Å². The maximum Gasteiger partial charge on any atom is 0.256 e. The molecule has 4 aromatic carbocycles. The number of nitrogens with zero attached hydrogens (tertiary/aromatic N) is 2. The molecule has 1 aliphatic rings. The minimum Gasteiger partial charge on any atom is -0.450 e. The van der Waals surface area contributed by atoms with Crippen LogP contribution in [0.25, 0.3) is 49.1 Å². The minimum absolute atomic E-state index is 0.0261. The van der Waals surface area contributed by atoms with E-state index < -0.39 is 34.0 Å². The molecule has 1 atom stereocenters. The Labute approximate surface area is 229 Å². The summed E-state index contributed by atoms with van der Waals surface area (Å²) in [6.07, 6.45) is 4.06. The zero-order chi connectivity index (χ0) is 28.6. The molecule has 41 heavy (non-hydrogen) atoms. The lowest BCUT2D eigenvalue weighted by atomic mass is 10.0. The number of benzene rings is 4. The van der Waals surface area contributed by atoms with Gasteiger partial charge >= 0.3 is 0 Å². The molecule has 0 radical (unpaired) electrons. The van der Waals surface area contributed by atoms with Crippen molar-refractivity contribution < 1.29 is 18.0 Å². The van der Waals surface area contributed by atoms with Crippen LogP contribution in [0.1, 0.15) is 29.6 Å². The van der Waals surface area contributed by atoms with Crippen LogP contribution in [0.5, 0.6) is 0 Å². The fourth-order valence-electron chi connectivity index (χ4n) is 6.13. The third kappa shape index (κ3) is 3.74. The van der Waals surface area contributed by atoms with E-state index in [0.717, 1.165) is 25.5 Å². The minimum atomic E-state index is -1.32. The van der Waals surface area contributed by atoms with Crippen molar-refractivity contribution >= 4 is 55.0 Å². The van der Waals surface area contributed by atoms with Gasteiger partial charge < -0.3 is 19.0 Å². The van der Waals surface area contributed by atoms with Gasteiger partial charge in [0.1, 0.15) is 11.1 Å². The van der Waals surface area contributed by atoms with Crippen molar-refractivity contribution in [3.8, 4) is 0 Å². The van der Waals surface area contributed by atoms with E-state index in [4.69, 9.17) is 4.42 Å². The van der Waals surface area contributed by atoms with Crippen LogP contribution >= 0.6 is 0 Å². The summed E-state index contributed by atoms with van der Waals surface area (Å²) < 4.78 is 36.8. The van der Waals surface area contributed by atoms with Gasteiger partial charge in [0.05, 0.1) is 10.9 Å². The first-order chi connectivity index (χ1) is 19.7. The Bertz CT molecular complexity index is 2260. The molecule has 1 unspecified atom stereocenters. The monoisotopic (exact) mass is 555 g/mol. The first kappa shape index (κ1) is 25.3. The largest absolute Gasteiger partial charge is 0.450 e. The number of hydrogen-bond acceptors (Lipinski definition) is 6. The van der Waals surface area contributed by atoms with Gasteiger partial charge in [-0.05, 0) is 51.1 Å². The Morgan fingerprint density at radius 2 is 1.68 bits per heavy atom. The van der Waals surface area contributed by atoms with Gasteiger partial charge in [-0.1, -0.05) is 24.3 Å². The molecular weight excluding hydrogens is 532 g/mol. The highest BCUT2D eigenvalue weighted by Gasteiger charge is 2.25. The predicted molar refractivity (Wildman–Crippen MR) is 152 cm³/mol. The third-order valence-corrected chi connectivity index (χ3v) is 8.29. The molecule has 10 heteroatoms. The van der Waals surface area contributed by atoms with Crippen molar-refractivity contribution in [3.05, 3.63) is 96.5 Å². The lowest BCUT2D eigenvalue weighted by Crippen LogP contribution is -2.34. The number of fused-ring (bicyclic) bond motifs is 4. The van der Waals surface area contributed by atoms with Crippen LogP contribution in [0.3, 0.4) is 0 Å². The van der Waals surface area contributed by atoms with E-state index in [0.29, 0.717) is 19.0 Å². The molecular formula is C31H23F2N3O5. The number of hydrogen-bond donors (Lipinski definition) is 1. The standard InChI is InChI=1S/C31H23F2N3O5/c1-35-10-4-5-15(35)8-9-34-31(40)21-14-36-23-12-18-19(28(38)17-7-3-2-6-16(17)27(18)37)13-24(23)41-30-25(33)22(32)11-20(26(30)36)29(21)39/h2-3,6-7,11-15H,4-5,8-10H2,1H3,(H,34,40). The number of carbonyl (C=O) groups is 1. The summed E-state index contributed by atoms with van der Waals surface area (Å²) in [5, 5.41) is 3.16. The van der Waals surface area contributed by atoms with Crippen LogP contribution in [-0.4, -0.2) is 41.4 Å². The predicted octanol–water partition coefficient (Wildman–Crippen LogP) is 4.16. The number of aromatic nitrogens is 1. The van der Waals surface area contributed by atoms with E-state index in [1.165, 1.54) is 22.7 Å². The van der Waals surface area contributed by atoms with Gasteiger partial charge in [0, 0.05) is 40.3 Å². The number of likely N-dealkylation sites (tertiary alicyclic amines) is 1. The van der Waals surface area contributed by atoms with Crippen molar-refractivity contribution in [3.63, 3.8) is 0 Å². The molecule has 2 aromatic heterocycles. The molecule has 0 spiro atoms. The molecule has 3 heterocycles. The van der Waals surface area contributed by atoms with Gasteiger partial charge in [-0.15, -0.1) is 0 Å². The highest BCUT2D eigenvalue weighted by Crippen LogP contribution is 2.31. The Balaban J connectivity index is 1.48. The Kier molecular flexibility index (Phi) is 5.65. The molecule has 1 saturated heterocycles. The highest BCUT2D eigenvalue weighted by atomic mass is 19.2. The average Bonchev–Trinajstić information content (AvgIpc) is 3.38. The summed E-state index contributed by atoms with van der Waals surface area (Å²) in [6.45, 7) is 1.32. The molecule has 206 valence electrons. The van der Waals surface area contributed by atoms with Crippen molar-refractivity contribution in [1.82, 2.24) is 14.6 Å². The first-order valence-corrected chi connectivity index (χ1v) is 13.3. The molecule has 0 aliphatic carbocycles.